The highest BCUT2D eigenvalue weighted by Gasteiger charge is 2.16. The van der Waals surface area contributed by atoms with Gasteiger partial charge >= 0.3 is 0 Å². The molecule has 0 bridgehead atoms. The minimum Gasteiger partial charge on any atom is -0.497 e. The molecule has 1 heterocycles. The van der Waals surface area contributed by atoms with Gasteiger partial charge in [-0.2, -0.15) is 5.26 Å². The zero-order chi connectivity index (χ0) is 20.9. The van der Waals surface area contributed by atoms with Gasteiger partial charge in [0.15, 0.2) is 11.0 Å². The van der Waals surface area contributed by atoms with Crippen LogP contribution in [-0.4, -0.2) is 21.9 Å². The van der Waals surface area contributed by atoms with Crippen LogP contribution in [0.2, 0.25) is 5.02 Å². The van der Waals surface area contributed by atoms with Crippen LogP contribution in [0.15, 0.2) is 78.0 Å². The highest BCUT2D eigenvalue weighted by Crippen LogP contribution is 2.31. The number of rotatable bonds is 6. The van der Waals surface area contributed by atoms with Crippen LogP contribution in [0.25, 0.3) is 17.1 Å². The van der Waals surface area contributed by atoms with Crippen molar-refractivity contribution in [2.45, 2.75) is 10.9 Å². The molecule has 0 spiro atoms. The first kappa shape index (κ1) is 20.0. The Balaban J connectivity index is 1.69. The van der Waals surface area contributed by atoms with Gasteiger partial charge in [0.2, 0.25) is 0 Å². The number of methoxy groups -OCH3 is 1. The third-order valence-corrected chi connectivity index (χ3v) is 5.77. The highest BCUT2D eigenvalue weighted by atomic mass is 35.5. The largest absolute Gasteiger partial charge is 0.497 e. The quantitative estimate of drug-likeness (QED) is 0.362. The minimum atomic E-state index is 0.648. The summed E-state index contributed by atoms with van der Waals surface area (Å²) in [6, 6.07) is 25.0. The van der Waals surface area contributed by atoms with E-state index in [0.29, 0.717) is 16.3 Å². The molecule has 1 aromatic heterocycles. The minimum absolute atomic E-state index is 0.648. The van der Waals surface area contributed by atoms with Gasteiger partial charge in [0.25, 0.3) is 0 Å². The molecule has 0 saturated carbocycles. The van der Waals surface area contributed by atoms with Crippen LogP contribution in [0.4, 0.5) is 0 Å². The topological polar surface area (TPSA) is 63.7 Å². The molecular weight excluding hydrogens is 416 g/mol. The van der Waals surface area contributed by atoms with Crippen molar-refractivity contribution in [3.8, 4) is 28.9 Å². The van der Waals surface area contributed by atoms with E-state index < -0.39 is 0 Å². The van der Waals surface area contributed by atoms with Crippen molar-refractivity contribution < 1.29 is 4.74 Å². The number of nitrogens with zero attached hydrogens (tertiary/aromatic N) is 4. The monoisotopic (exact) mass is 432 g/mol. The molecule has 0 aliphatic heterocycles. The number of benzene rings is 3. The molecule has 148 valence electrons. The molecule has 0 radical (unpaired) electrons. The Morgan fingerprint density at radius 3 is 2.30 bits per heavy atom. The van der Waals surface area contributed by atoms with Crippen LogP contribution in [0.3, 0.4) is 0 Å². The van der Waals surface area contributed by atoms with Crippen molar-refractivity contribution in [3.63, 3.8) is 0 Å². The molecular formula is C23H17ClN4OS. The van der Waals surface area contributed by atoms with Crippen LogP contribution < -0.4 is 4.74 Å². The van der Waals surface area contributed by atoms with E-state index in [2.05, 4.69) is 16.3 Å². The molecule has 7 heteroatoms. The van der Waals surface area contributed by atoms with Crippen LogP contribution in [0.1, 0.15) is 11.1 Å². The molecule has 0 atom stereocenters. The Bertz CT molecular complexity index is 1180. The average molecular weight is 433 g/mol. The molecule has 0 saturated heterocycles. The Morgan fingerprint density at radius 2 is 1.67 bits per heavy atom. The summed E-state index contributed by atoms with van der Waals surface area (Å²) in [7, 11) is 1.64. The van der Waals surface area contributed by atoms with Gasteiger partial charge in [-0.25, -0.2) is 0 Å². The molecule has 4 rings (SSSR count). The summed E-state index contributed by atoms with van der Waals surface area (Å²) in [4.78, 5) is 0. The maximum atomic E-state index is 8.97. The lowest BCUT2D eigenvalue weighted by Gasteiger charge is -2.11. The molecule has 0 N–H and O–H groups in total. The van der Waals surface area contributed by atoms with Crippen molar-refractivity contribution in [1.29, 1.82) is 5.26 Å². The molecule has 0 unspecified atom stereocenters. The van der Waals surface area contributed by atoms with Crippen LogP contribution in [0.5, 0.6) is 5.75 Å². The number of nitriles is 1. The van der Waals surface area contributed by atoms with E-state index in [-0.39, 0.29) is 0 Å². The standard InChI is InChI=1S/C23H17ClN4OS/c1-29-21-12-6-18(7-13-21)22-26-27-23(28(22)20-10-8-19(24)9-11-20)30-15-17-4-2-16(14-25)3-5-17/h2-13H,15H2,1H3. The zero-order valence-electron chi connectivity index (χ0n) is 16.1. The molecule has 0 amide bonds. The van der Waals surface area contributed by atoms with E-state index in [4.69, 9.17) is 21.6 Å². The number of hydrogen-bond acceptors (Lipinski definition) is 5. The summed E-state index contributed by atoms with van der Waals surface area (Å²) in [5.41, 5.74) is 3.62. The van der Waals surface area contributed by atoms with Gasteiger partial charge in [0, 0.05) is 22.0 Å². The predicted octanol–water partition coefficient (Wildman–Crippen LogP) is 5.76. The van der Waals surface area contributed by atoms with Crippen molar-refractivity contribution in [3.05, 3.63) is 88.9 Å². The summed E-state index contributed by atoms with van der Waals surface area (Å²) in [5, 5.41) is 19.3. The van der Waals surface area contributed by atoms with Gasteiger partial charge in [-0.05, 0) is 66.2 Å². The van der Waals surface area contributed by atoms with Crippen LogP contribution in [-0.2, 0) is 5.75 Å². The van der Waals surface area contributed by atoms with Gasteiger partial charge in [-0.3, -0.25) is 4.57 Å². The number of halogens is 1. The Morgan fingerprint density at radius 1 is 0.967 bits per heavy atom. The summed E-state index contributed by atoms with van der Waals surface area (Å²) < 4.78 is 7.28. The molecule has 3 aromatic carbocycles. The smallest absolute Gasteiger partial charge is 0.196 e. The van der Waals surface area contributed by atoms with Gasteiger partial charge in [0.1, 0.15) is 5.75 Å². The van der Waals surface area contributed by atoms with Crippen LogP contribution >= 0.6 is 23.4 Å². The van der Waals surface area contributed by atoms with Crippen molar-refractivity contribution in [1.82, 2.24) is 14.8 Å². The maximum Gasteiger partial charge on any atom is 0.196 e. The fourth-order valence-corrected chi connectivity index (χ4v) is 3.97. The van der Waals surface area contributed by atoms with Gasteiger partial charge in [-0.1, -0.05) is 35.5 Å². The third kappa shape index (κ3) is 4.33. The van der Waals surface area contributed by atoms with E-state index in [9.17, 15) is 0 Å². The Labute approximate surface area is 183 Å². The van der Waals surface area contributed by atoms with Crippen molar-refractivity contribution >= 4 is 23.4 Å². The molecule has 30 heavy (non-hydrogen) atoms. The Hall–Kier alpha value is -3.27. The maximum absolute atomic E-state index is 8.97. The van der Waals surface area contributed by atoms with Gasteiger partial charge in [0.05, 0.1) is 18.7 Å². The second-order valence-electron chi connectivity index (χ2n) is 6.44. The summed E-state index contributed by atoms with van der Waals surface area (Å²) >= 11 is 7.67. The summed E-state index contributed by atoms with van der Waals surface area (Å²) in [6.45, 7) is 0. The summed E-state index contributed by atoms with van der Waals surface area (Å²) in [6.07, 6.45) is 0. The van der Waals surface area contributed by atoms with E-state index in [1.807, 2.05) is 77.4 Å². The fraction of sp³-hybridized carbons (Fsp3) is 0.0870. The third-order valence-electron chi connectivity index (χ3n) is 4.52. The lowest BCUT2D eigenvalue weighted by molar-refractivity contribution is 0.415. The normalized spacial score (nSPS) is 10.6. The van der Waals surface area contributed by atoms with Crippen LogP contribution in [0, 0.1) is 11.3 Å². The second kappa shape index (κ2) is 9.04. The summed E-state index contributed by atoms with van der Waals surface area (Å²) in [5.74, 6) is 2.23. The Kier molecular flexibility index (Phi) is 6.03. The van der Waals surface area contributed by atoms with Crippen molar-refractivity contribution in [2.75, 3.05) is 7.11 Å². The molecule has 0 aliphatic carbocycles. The van der Waals surface area contributed by atoms with Gasteiger partial charge < -0.3 is 4.74 Å². The number of hydrogen-bond donors (Lipinski definition) is 0. The van der Waals surface area contributed by atoms with E-state index in [1.54, 1.807) is 18.9 Å². The number of thioether (sulfide) groups is 1. The number of ether oxygens (including phenoxy) is 1. The van der Waals surface area contributed by atoms with E-state index in [1.165, 1.54) is 0 Å². The second-order valence-corrected chi connectivity index (χ2v) is 7.82. The highest BCUT2D eigenvalue weighted by molar-refractivity contribution is 7.98. The van der Waals surface area contributed by atoms with E-state index in [0.717, 1.165) is 33.5 Å². The first-order valence-corrected chi connectivity index (χ1v) is 10.5. The average Bonchev–Trinajstić information content (AvgIpc) is 3.22. The molecule has 0 fully saturated rings. The lowest BCUT2D eigenvalue weighted by atomic mass is 10.2. The molecule has 0 aliphatic rings. The lowest BCUT2D eigenvalue weighted by Crippen LogP contribution is -2.00. The first-order valence-electron chi connectivity index (χ1n) is 9.15. The van der Waals surface area contributed by atoms with Gasteiger partial charge in [-0.15, -0.1) is 10.2 Å². The predicted molar refractivity (Wildman–Crippen MR) is 119 cm³/mol. The molecule has 4 aromatic rings. The number of aromatic nitrogens is 3. The fourth-order valence-electron chi connectivity index (χ4n) is 2.94. The molecule has 5 nitrogen and oxygen atoms in total. The first-order chi connectivity index (χ1) is 14.7. The SMILES string of the molecule is COc1ccc(-c2nnc(SCc3ccc(C#N)cc3)n2-c2ccc(Cl)cc2)cc1. The zero-order valence-corrected chi connectivity index (χ0v) is 17.7. The van der Waals surface area contributed by atoms with E-state index >= 15 is 0 Å². The van der Waals surface area contributed by atoms with Crippen molar-refractivity contribution in [2.24, 2.45) is 0 Å².